The Morgan fingerprint density at radius 1 is 1.10 bits per heavy atom. The van der Waals surface area contributed by atoms with Gasteiger partial charge in [0, 0.05) is 12.5 Å². The molecule has 0 aromatic rings. The van der Waals surface area contributed by atoms with Gasteiger partial charge in [0.05, 0.1) is 39.8 Å². The fourth-order valence-electron chi connectivity index (χ4n) is 1.63. The number of hydrogen-bond donors (Lipinski definition) is 0. The summed E-state index contributed by atoms with van der Waals surface area (Å²) in [6, 6.07) is 0. The predicted molar refractivity (Wildman–Crippen MR) is 82.2 cm³/mol. The fraction of sp³-hybridized carbons (Fsp3) is 0.667. The number of quaternary nitrogens is 1. The van der Waals surface area contributed by atoms with Crippen molar-refractivity contribution in [1.82, 2.24) is 0 Å². The molecule has 0 N–H and O–H groups in total. The van der Waals surface area contributed by atoms with Gasteiger partial charge in [-0.25, -0.2) is 16.8 Å². The van der Waals surface area contributed by atoms with Crippen molar-refractivity contribution in [2.24, 2.45) is 0 Å². The molecule has 6 nitrogen and oxygen atoms in total. The van der Waals surface area contributed by atoms with Crippen LogP contribution in [0.3, 0.4) is 0 Å². The SMILES string of the molecule is CCCC[N+]1(C)C=CC=CC1.CS(=O)(=O)[N-]S(C)(=O)=O. The van der Waals surface area contributed by atoms with Crippen molar-refractivity contribution < 1.29 is 21.3 Å². The first kappa shape index (κ1) is 19.3. The standard InChI is InChI=1S/C10H18N.C2H6NO4S2/c1-3-4-8-11(2)9-6-5-7-10-11;1-8(4,5)3-9(2,6)7/h5-7,9H,3-4,8,10H2,1-2H3;1-2H3/q+1;-1. The zero-order chi connectivity index (χ0) is 15.9. The second-order valence-electron chi connectivity index (χ2n) is 5.05. The maximum Gasteiger partial charge on any atom is 0.102 e. The van der Waals surface area contributed by atoms with Crippen LogP contribution in [0.25, 0.3) is 4.13 Å². The average molecular weight is 324 g/mol. The van der Waals surface area contributed by atoms with Crippen molar-refractivity contribution in [2.75, 3.05) is 32.6 Å². The smallest absolute Gasteiger partial charge is 0.102 e. The first-order chi connectivity index (χ1) is 8.97. The third kappa shape index (κ3) is 11.2. The van der Waals surface area contributed by atoms with E-state index in [1.54, 1.807) is 0 Å². The first-order valence-corrected chi connectivity index (χ1v) is 10.00. The van der Waals surface area contributed by atoms with Crippen LogP contribution in [0.5, 0.6) is 0 Å². The molecule has 0 spiro atoms. The molecule has 1 aliphatic rings. The van der Waals surface area contributed by atoms with Crippen LogP contribution in [0, 0.1) is 0 Å². The number of hydrogen-bond acceptors (Lipinski definition) is 4. The summed E-state index contributed by atoms with van der Waals surface area (Å²) in [5, 5.41) is 0. The van der Waals surface area contributed by atoms with Gasteiger partial charge in [0.15, 0.2) is 0 Å². The highest BCUT2D eigenvalue weighted by molar-refractivity contribution is 8.11. The molecule has 0 saturated carbocycles. The average Bonchev–Trinajstić information content (AvgIpc) is 2.23. The third-order valence-corrected chi connectivity index (χ3v) is 4.68. The van der Waals surface area contributed by atoms with Crippen molar-refractivity contribution in [1.29, 1.82) is 0 Å². The Bertz CT molecular complexity index is 520. The van der Waals surface area contributed by atoms with Crippen LogP contribution in [-0.4, -0.2) is 54.0 Å². The van der Waals surface area contributed by atoms with E-state index in [4.69, 9.17) is 0 Å². The highest BCUT2D eigenvalue weighted by Crippen LogP contribution is 2.10. The van der Waals surface area contributed by atoms with Crippen molar-refractivity contribution in [2.45, 2.75) is 19.8 Å². The molecule has 1 atom stereocenters. The van der Waals surface area contributed by atoms with Crippen LogP contribution < -0.4 is 0 Å². The largest absolute Gasteiger partial charge is 0.437 e. The zero-order valence-electron chi connectivity index (χ0n) is 12.5. The Morgan fingerprint density at radius 2 is 1.65 bits per heavy atom. The summed E-state index contributed by atoms with van der Waals surface area (Å²) in [5.41, 5.74) is 0. The molecule has 1 heterocycles. The van der Waals surface area contributed by atoms with E-state index in [0.29, 0.717) is 12.5 Å². The lowest BCUT2D eigenvalue weighted by Gasteiger charge is -2.30. The maximum atomic E-state index is 10.1. The van der Waals surface area contributed by atoms with E-state index in [1.165, 1.54) is 19.4 Å². The van der Waals surface area contributed by atoms with E-state index in [9.17, 15) is 16.8 Å². The normalized spacial score (nSPS) is 22.2. The summed E-state index contributed by atoms with van der Waals surface area (Å²) in [6.07, 6.45) is 12.9. The van der Waals surface area contributed by atoms with Crippen LogP contribution in [0.4, 0.5) is 0 Å². The van der Waals surface area contributed by atoms with Gasteiger partial charge in [-0.3, -0.25) is 4.48 Å². The molecule has 118 valence electrons. The van der Waals surface area contributed by atoms with E-state index in [0.717, 1.165) is 11.0 Å². The molecule has 20 heavy (non-hydrogen) atoms. The number of unbranched alkanes of at least 4 members (excludes halogenated alkanes) is 1. The minimum atomic E-state index is -3.74. The number of sulfonamides is 2. The van der Waals surface area contributed by atoms with E-state index in [2.05, 4.69) is 42.5 Å². The van der Waals surface area contributed by atoms with Gasteiger partial charge in [0.25, 0.3) is 0 Å². The molecule has 0 saturated heterocycles. The molecule has 0 bridgehead atoms. The van der Waals surface area contributed by atoms with Crippen molar-refractivity contribution in [3.05, 3.63) is 28.6 Å². The Morgan fingerprint density at radius 3 is 1.95 bits per heavy atom. The fourth-order valence-corrected chi connectivity index (χ4v) is 3.60. The molecule has 0 radical (unpaired) electrons. The summed E-state index contributed by atoms with van der Waals surface area (Å²) in [5.74, 6) is 0. The van der Waals surface area contributed by atoms with E-state index < -0.39 is 20.0 Å². The molecular formula is C12H24N2O4S2. The Balaban J connectivity index is 0.000000370. The second kappa shape index (κ2) is 7.92. The molecule has 0 aromatic carbocycles. The van der Waals surface area contributed by atoms with Crippen LogP contribution >= 0.6 is 0 Å². The van der Waals surface area contributed by atoms with Gasteiger partial charge in [-0.15, -0.1) is 0 Å². The van der Waals surface area contributed by atoms with Gasteiger partial charge in [-0.2, -0.15) is 0 Å². The monoisotopic (exact) mass is 324 g/mol. The highest BCUT2D eigenvalue weighted by atomic mass is 32.3. The molecular weight excluding hydrogens is 300 g/mol. The van der Waals surface area contributed by atoms with Gasteiger partial charge in [0.2, 0.25) is 0 Å². The van der Waals surface area contributed by atoms with E-state index in [1.807, 2.05) is 0 Å². The van der Waals surface area contributed by atoms with E-state index >= 15 is 0 Å². The quantitative estimate of drug-likeness (QED) is 0.719. The number of likely N-dealkylation sites (N-methyl/N-ethyl adjacent to an activating group) is 1. The molecule has 1 unspecified atom stereocenters. The lowest BCUT2D eigenvalue weighted by Crippen LogP contribution is -2.40. The van der Waals surface area contributed by atoms with Crippen molar-refractivity contribution in [3.63, 3.8) is 0 Å². The molecule has 1 aliphatic heterocycles. The predicted octanol–water partition coefficient (Wildman–Crippen LogP) is 1.60. The van der Waals surface area contributed by atoms with Gasteiger partial charge in [-0.05, 0) is 18.6 Å². The van der Waals surface area contributed by atoms with Crippen molar-refractivity contribution >= 4 is 20.0 Å². The number of allylic oxidation sites excluding steroid dienone is 2. The van der Waals surface area contributed by atoms with Gasteiger partial charge < -0.3 is 4.13 Å². The minimum Gasteiger partial charge on any atom is -0.437 e. The molecule has 0 fully saturated rings. The van der Waals surface area contributed by atoms with Gasteiger partial charge in [0.1, 0.15) is 6.54 Å². The third-order valence-electron chi connectivity index (χ3n) is 2.51. The van der Waals surface area contributed by atoms with E-state index in [-0.39, 0.29) is 0 Å². The topological polar surface area (TPSA) is 82.4 Å². The van der Waals surface area contributed by atoms with Gasteiger partial charge >= 0.3 is 0 Å². The summed E-state index contributed by atoms with van der Waals surface area (Å²) in [6.45, 7) is 4.68. The van der Waals surface area contributed by atoms with Gasteiger partial charge in [-0.1, -0.05) is 19.4 Å². The van der Waals surface area contributed by atoms with Crippen LogP contribution in [0.15, 0.2) is 24.4 Å². The van der Waals surface area contributed by atoms with Crippen LogP contribution in [0.1, 0.15) is 19.8 Å². The lowest BCUT2D eigenvalue weighted by molar-refractivity contribution is -0.854. The maximum absolute atomic E-state index is 10.1. The lowest BCUT2D eigenvalue weighted by atomic mass is 10.2. The zero-order valence-corrected chi connectivity index (χ0v) is 14.1. The van der Waals surface area contributed by atoms with Crippen LogP contribution in [0.2, 0.25) is 0 Å². The molecule has 0 aromatic heterocycles. The number of rotatable bonds is 5. The second-order valence-corrected chi connectivity index (χ2v) is 8.58. The Hall–Kier alpha value is -0.700. The van der Waals surface area contributed by atoms with Crippen LogP contribution in [-0.2, 0) is 20.0 Å². The minimum absolute atomic E-state index is 0.716. The highest BCUT2D eigenvalue weighted by Gasteiger charge is 2.16. The first-order valence-electron chi connectivity index (χ1n) is 6.30. The summed E-state index contributed by atoms with van der Waals surface area (Å²) < 4.78 is 44.0. The Labute approximate surface area is 122 Å². The molecule has 8 heteroatoms. The summed E-state index contributed by atoms with van der Waals surface area (Å²) in [7, 11) is -5.20. The summed E-state index contributed by atoms with van der Waals surface area (Å²) >= 11 is 0. The Kier molecular flexibility index (Phi) is 7.64. The summed E-state index contributed by atoms with van der Waals surface area (Å²) in [4.78, 5) is 0. The van der Waals surface area contributed by atoms with Crippen molar-refractivity contribution in [3.8, 4) is 0 Å². The molecule has 1 rings (SSSR count). The molecule has 0 amide bonds. The number of nitrogens with zero attached hydrogens (tertiary/aromatic N) is 2. The molecule has 0 aliphatic carbocycles.